The van der Waals surface area contributed by atoms with Crippen LogP contribution in [0, 0.1) is 0 Å². The van der Waals surface area contributed by atoms with Gasteiger partial charge in [0.1, 0.15) is 11.6 Å². The lowest BCUT2D eigenvalue weighted by Gasteiger charge is -2.31. The van der Waals surface area contributed by atoms with Crippen LogP contribution in [0.4, 0.5) is 13.2 Å². The summed E-state index contributed by atoms with van der Waals surface area (Å²) in [4.78, 5) is 38.4. The molecular weight excluding hydrogens is 557 g/mol. The highest BCUT2D eigenvalue weighted by Gasteiger charge is 2.31. The maximum Gasteiger partial charge on any atom is 0.416 e. The Morgan fingerprint density at radius 2 is 1.67 bits per heavy atom. The Hall–Kier alpha value is -4.99. The van der Waals surface area contributed by atoms with E-state index in [9.17, 15) is 22.8 Å². The Labute approximate surface area is 246 Å². The summed E-state index contributed by atoms with van der Waals surface area (Å²) in [7, 11) is 0. The molecule has 0 aliphatic rings. The van der Waals surface area contributed by atoms with E-state index in [0.29, 0.717) is 40.3 Å². The predicted octanol–water partition coefficient (Wildman–Crippen LogP) is 6.53. The van der Waals surface area contributed by atoms with Gasteiger partial charge in [0.2, 0.25) is 5.91 Å². The molecule has 5 aromatic rings. The zero-order valence-corrected chi connectivity index (χ0v) is 23.6. The molecular formula is C33H29F3N4O3. The Bertz CT molecular complexity index is 1770. The number of hydrogen-bond acceptors (Lipinski definition) is 5. The standard InChI is InChI=1S/C33H29F3N4O3/c1-3-43-27-16-14-26(15-17-27)40-31(38-29-9-5-4-8-28(29)32(40)42)22(2)39(21-24-7-6-18-37-20-24)30(41)19-23-10-12-25(13-11-23)33(34,35)36/h4-18,20,22H,3,19,21H2,1-2H3. The van der Waals surface area contributed by atoms with Crippen LogP contribution in [0.3, 0.4) is 0 Å². The number of fused-ring (bicyclic) bond motifs is 1. The van der Waals surface area contributed by atoms with E-state index in [4.69, 9.17) is 9.72 Å². The molecule has 1 unspecified atom stereocenters. The number of para-hydroxylation sites is 1. The fourth-order valence-corrected chi connectivity index (χ4v) is 4.89. The van der Waals surface area contributed by atoms with Crippen molar-refractivity contribution in [1.29, 1.82) is 0 Å². The molecule has 0 radical (unpaired) electrons. The first-order valence-corrected chi connectivity index (χ1v) is 13.7. The van der Waals surface area contributed by atoms with Gasteiger partial charge in [-0.25, -0.2) is 4.98 Å². The summed E-state index contributed by atoms with van der Waals surface area (Å²) in [6.45, 7) is 4.29. The quantitative estimate of drug-likeness (QED) is 0.196. The lowest BCUT2D eigenvalue weighted by molar-refractivity contribution is -0.137. The minimum atomic E-state index is -4.48. The first-order valence-electron chi connectivity index (χ1n) is 13.7. The minimum Gasteiger partial charge on any atom is -0.494 e. The maximum absolute atomic E-state index is 13.9. The van der Waals surface area contributed by atoms with Gasteiger partial charge in [-0.05, 0) is 79.6 Å². The van der Waals surface area contributed by atoms with Crippen LogP contribution in [-0.2, 0) is 23.9 Å². The largest absolute Gasteiger partial charge is 0.494 e. The highest BCUT2D eigenvalue weighted by Crippen LogP contribution is 2.30. The van der Waals surface area contributed by atoms with Gasteiger partial charge in [-0.1, -0.05) is 30.3 Å². The van der Waals surface area contributed by atoms with E-state index < -0.39 is 17.8 Å². The van der Waals surface area contributed by atoms with Gasteiger partial charge in [-0.3, -0.25) is 19.1 Å². The molecule has 7 nitrogen and oxygen atoms in total. The van der Waals surface area contributed by atoms with Crippen molar-refractivity contribution < 1.29 is 22.7 Å². The van der Waals surface area contributed by atoms with Crippen LogP contribution in [0.1, 0.15) is 42.4 Å². The van der Waals surface area contributed by atoms with Gasteiger partial charge in [0.25, 0.3) is 5.56 Å². The Balaban J connectivity index is 1.59. The van der Waals surface area contributed by atoms with Gasteiger partial charge >= 0.3 is 6.18 Å². The Kier molecular flexibility index (Phi) is 8.56. The Morgan fingerprint density at radius 1 is 0.953 bits per heavy atom. The molecule has 10 heteroatoms. The SMILES string of the molecule is CCOc1ccc(-n2c(C(C)N(Cc3cccnc3)C(=O)Cc3ccc(C(F)(F)F)cc3)nc3ccccc3c2=O)cc1. The fraction of sp³-hybridized carbons (Fsp3) is 0.212. The lowest BCUT2D eigenvalue weighted by atomic mass is 10.1. The van der Waals surface area contributed by atoms with Crippen LogP contribution in [0.5, 0.6) is 5.75 Å². The van der Waals surface area contributed by atoms with Crippen molar-refractivity contribution >= 4 is 16.8 Å². The number of hydrogen-bond donors (Lipinski definition) is 0. The molecule has 0 saturated carbocycles. The molecule has 5 rings (SSSR count). The third-order valence-corrected chi connectivity index (χ3v) is 7.08. The molecule has 3 aromatic carbocycles. The second kappa shape index (κ2) is 12.5. The number of amides is 1. The molecule has 43 heavy (non-hydrogen) atoms. The van der Waals surface area contributed by atoms with Gasteiger partial charge in [0.15, 0.2) is 0 Å². The van der Waals surface area contributed by atoms with Crippen LogP contribution >= 0.6 is 0 Å². The van der Waals surface area contributed by atoms with Crippen LogP contribution in [0.25, 0.3) is 16.6 Å². The topological polar surface area (TPSA) is 77.3 Å². The summed E-state index contributed by atoms with van der Waals surface area (Å²) in [6.07, 6.45) is -1.37. The molecule has 0 bridgehead atoms. The van der Waals surface area contributed by atoms with Crippen LogP contribution in [-0.4, -0.2) is 31.9 Å². The van der Waals surface area contributed by atoms with E-state index in [1.165, 1.54) is 16.7 Å². The normalized spacial score (nSPS) is 12.2. The molecule has 0 aliphatic carbocycles. The molecule has 1 atom stereocenters. The number of alkyl halides is 3. The summed E-state index contributed by atoms with van der Waals surface area (Å²) in [5, 5.41) is 0.419. The van der Waals surface area contributed by atoms with Crippen LogP contribution in [0.2, 0.25) is 0 Å². The number of carbonyl (C=O) groups excluding carboxylic acids is 1. The molecule has 0 N–H and O–H groups in total. The predicted molar refractivity (Wildman–Crippen MR) is 157 cm³/mol. The van der Waals surface area contributed by atoms with E-state index in [0.717, 1.165) is 17.7 Å². The summed E-state index contributed by atoms with van der Waals surface area (Å²) < 4.78 is 46.4. The second-order valence-electron chi connectivity index (χ2n) is 9.98. The third-order valence-electron chi connectivity index (χ3n) is 7.08. The van der Waals surface area contributed by atoms with Crippen LogP contribution in [0.15, 0.2) is 102 Å². The summed E-state index contributed by atoms with van der Waals surface area (Å²) in [5.41, 5.74) is 1.11. The molecule has 220 valence electrons. The van der Waals surface area contributed by atoms with Crippen LogP contribution < -0.4 is 10.3 Å². The summed E-state index contributed by atoms with van der Waals surface area (Å²) in [5.74, 6) is 0.627. The average molecular weight is 587 g/mol. The average Bonchev–Trinajstić information content (AvgIpc) is 3.00. The maximum atomic E-state index is 13.9. The number of ether oxygens (including phenoxy) is 1. The molecule has 0 aliphatic heterocycles. The zero-order chi connectivity index (χ0) is 30.6. The number of carbonyl (C=O) groups is 1. The monoisotopic (exact) mass is 586 g/mol. The van der Waals surface area contributed by atoms with Gasteiger partial charge in [0, 0.05) is 18.9 Å². The number of nitrogens with zero attached hydrogens (tertiary/aromatic N) is 4. The summed E-state index contributed by atoms with van der Waals surface area (Å²) >= 11 is 0. The highest BCUT2D eigenvalue weighted by molar-refractivity contribution is 5.80. The van der Waals surface area contributed by atoms with E-state index in [-0.39, 0.29) is 24.4 Å². The van der Waals surface area contributed by atoms with Crippen molar-refractivity contribution in [1.82, 2.24) is 19.4 Å². The van der Waals surface area contributed by atoms with Crippen molar-refractivity contribution in [2.75, 3.05) is 6.61 Å². The smallest absolute Gasteiger partial charge is 0.416 e. The highest BCUT2D eigenvalue weighted by atomic mass is 19.4. The van der Waals surface area contributed by atoms with Crippen molar-refractivity contribution in [2.24, 2.45) is 0 Å². The molecule has 0 saturated heterocycles. The number of benzene rings is 3. The lowest BCUT2D eigenvalue weighted by Crippen LogP contribution is -2.38. The number of halogens is 3. The number of pyridine rings is 1. The van der Waals surface area contributed by atoms with Crippen molar-refractivity contribution in [3.63, 3.8) is 0 Å². The fourth-order valence-electron chi connectivity index (χ4n) is 4.89. The van der Waals surface area contributed by atoms with Gasteiger partial charge in [-0.2, -0.15) is 13.2 Å². The summed E-state index contributed by atoms with van der Waals surface area (Å²) in [6, 6.07) is 21.4. The van der Waals surface area contributed by atoms with Crippen molar-refractivity contribution in [3.8, 4) is 11.4 Å². The van der Waals surface area contributed by atoms with Crippen molar-refractivity contribution in [3.05, 3.63) is 130 Å². The number of rotatable bonds is 9. The molecule has 0 fully saturated rings. The van der Waals surface area contributed by atoms with Gasteiger partial charge in [-0.15, -0.1) is 0 Å². The molecule has 0 spiro atoms. The second-order valence-corrected chi connectivity index (χ2v) is 9.98. The van der Waals surface area contributed by atoms with Gasteiger partial charge in [0.05, 0.1) is 41.2 Å². The molecule has 1 amide bonds. The Morgan fingerprint density at radius 3 is 2.33 bits per heavy atom. The van der Waals surface area contributed by atoms with E-state index in [1.54, 1.807) is 78.8 Å². The van der Waals surface area contributed by atoms with E-state index in [2.05, 4.69) is 4.98 Å². The first kappa shape index (κ1) is 29.5. The minimum absolute atomic E-state index is 0.139. The van der Waals surface area contributed by atoms with E-state index in [1.807, 2.05) is 13.0 Å². The van der Waals surface area contributed by atoms with Crippen molar-refractivity contribution in [2.45, 2.75) is 39.0 Å². The zero-order valence-electron chi connectivity index (χ0n) is 23.6. The molecule has 2 aromatic heterocycles. The first-order chi connectivity index (χ1) is 20.7. The van der Waals surface area contributed by atoms with E-state index >= 15 is 0 Å². The molecule has 2 heterocycles. The third kappa shape index (κ3) is 6.58. The number of aromatic nitrogens is 3. The van der Waals surface area contributed by atoms with Gasteiger partial charge < -0.3 is 9.64 Å².